The van der Waals surface area contributed by atoms with E-state index in [0.717, 1.165) is 18.2 Å². The average molecular weight is 300 g/mol. The minimum absolute atomic E-state index is 0.135. The Morgan fingerprint density at radius 3 is 2.55 bits per heavy atom. The van der Waals surface area contributed by atoms with Gasteiger partial charge in [-0.25, -0.2) is 0 Å². The number of benzene rings is 1. The number of rotatable bonds is 3. The summed E-state index contributed by atoms with van der Waals surface area (Å²) in [6.07, 6.45) is 7.96. The van der Waals surface area contributed by atoms with Crippen molar-refractivity contribution in [1.29, 1.82) is 0 Å². The quantitative estimate of drug-likeness (QED) is 0.918. The number of hydrogen-bond donors (Lipinski definition) is 1. The summed E-state index contributed by atoms with van der Waals surface area (Å²) in [6.45, 7) is 5.77. The molecule has 1 amide bonds. The highest BCUT2D eigenvalue weighted by Gasteiger charge is 2.33. The molecule has 0 unspecified atom stereocenters. The molecule has 1 saturated heterocycles. The minimum Gasteiger partial charge on any atom is -0.325 e. The molecule has 1 aromatic carbocycles. The molecule has 1 saturated carbocycles. The van der Waals surface area contributed by atoms with Gasteiger partial charge < -0.3 is 5.32 Å². The van der Waals surface area contributed by atoms with E-state index in [9.17, 15) is 4.79 Å². The molecule has 0 bridgehead atoms. The highest BCUT2D eigenvalue weighted by molar-refractivity contribution is 5.92. The lowest BCUT2D eigenvalue weighted by atomic mass is 9.78. The summed E-state index contributed by atoms with van der Waals surface area (Å²) in [5.74, 6) is 0.965. The Labute approximate surface area is 134 Å². The van der Waals surface area contributed by atoms with Crippen LogP contribution in [0, 0.1) is 19.8 Å². The summed E-state index contributed by atoms with van der Waals surface area (Å²) in [5.41, 5.74) is 3.32. The molecule has 3 rings (SSSR count). The monoisotopic (exact) mass is 300 g/mol. The van der Waals surface area contributed by atoms with Gasteiger partial charge >= 0.3 is 0 Å². The van der Waals surface area contributed by atoms with Crippen molar-refractivity contribution in [2.75, 3.05) is 18.4 Å². The van der Waals surface area contributed by atoms with Crippen molar-refractivity contribution in [2.45, 2.75) is 58.4 Å². The molecular formula is C19H28N2O. The zero-order chi connectivity index (χ0) is 15.5. The molecule has 3 heteroatoms. The Kier molecular flexibility index (Phi) is 4.82. The molecule has 22 heavy (non-hydrogen) atoms. The molecule has 3 nitrogen and oxygen atoms in total. The molecule has 2 fully saturated rings. The predicted molar refractivity (Wildman–Crippen MR) is 91.1 cm³/mol. The maximum atomic E-state index is 12.4. The van der Waals surface area contributed by atoms with Gasteiger partial charge in [0.2, 0.25) is 5.91 Å². The maximum absolute atomic E-state index is 12.4. The Morgan fingerprint density at radius 1 is 1.09 bits per heavy atom. The number of nitrogens with one attached hydrogen (secondary N) is 1. The summed E-state index contributed by atoms with van der Waals surface area (Å²) in [4.78, 5) is 14.9. The number of nitrogens with zero attached hydrogens (tertiary/aromatic N) is 1. The van der Waals surface area contributed by atoms with Crippen molar-refractivity contribution in [3.05, 3.63) is 29.3 Å². The Hall–Kier alpha value is -1.35. The van der Waals surface area contributed by atoms with Gasteiger partial charge in [-0.05, 0) is 75.3 Å². The number of hydrogen-bond acceptors (Lipinski definition) is 2. The van der Waals surface area contributed by atoms with Crippen LogP contribution in [0.25, 0.3) is 0 Å². The van der Waals surface area contributed by atoms with E-state index in [4.69, 9.17) is 0 Å². The van der Waals surface area contributed by atoms with E-state index in [1.54, 1.807) is 0 Å². The second-order valence-corrected chi connectivity index (χ2v) is 7.15. The molecule has 0 aromatic heterocycles. The van der Waals surface area contributed by atoms with Gasteiger partial charge in [0, 0.05) is 11.7 Å². The molecule has 1 N–H and O–H groups in total. The highest BCUT2D eigenvalue weighted by Crippen LogP contribution is 2.35. The lowest BCUT2D eigenvalue weighted by molar-refractivity contribution is -0.118. The molecule has 2 atom stereocenters. The molecule has 2 aliphatic rings. The summed E-state index contributed by atoms with van der Waals surface area (Å²) in [5, 5.41) is 3.09. The third-order valence-electron chi connectivity index (χ3n) is 5.21. The fourth-order valence-corrected chi connectivity index (χ4v) is 4.36. The van der Waals surface area contributed by atoms with Gasteiger partial charge in [0.15, 0.2) is 0 Å². The number of piperidine rings is 1. The van der Waals surface area contributed by atoms with E-state index < -0.39 is 0 Å². The number of carbonyl (C=O) groups excluding carboxylic acids is 1. The van der Waals surface area contributed by atoms with Gasteiger partial charge in [0.05, 0.1) is 6.54 Å². The number of anilines is 1. The van der Waals surface area contributed by atoms with Gasteiger partial charge in [0.25, 0.3) is 0 Å². The van der Waals surface area contributed by atoms with Crippen LogP contribution in [-0.2, 0) is 4.79 Å². The van der Waals surface area contributed by atoms with E-state index in [1.165, 1.54) is 49.7 Å². The van der Waals surface area contributed by atoms with Crippen molar-refractivity contribution < 1.29 is 4.79 Å². The van der Waals surface area contributed by atoms with Gasteiger partial charge in [-0.1, -0.05) is 18.9 Å². The summed E-state index contributed by atoms with van der Waals surface area (Å²) >= 11 is 0. The first kappa shape index (κ1) is 15.5. The van der Waals surface area contributed by atoms with Crippen molar-refractivity contribution in [3.63, 3.8) is 0 Å². The van der Waals surface area contributed by atoms with Crippen molar-refractivity contribution in [3.8, 4) is 0 Å². The van der Waals surface area contributed by atoms with Crippen LogP contribution in [0.3, 0.4) is 0 Å². The number of fused-ring (bicyclic) bond motifs is 1. The van der Waals surface area contributed by atoms with Gasteiger partial charge in [-0.3, -0.25) is 9.69 Å². The number of likely N-dealkylation sites (tertiary alicyclic amines) is 1. The fraction of sp³-hybridized carbons (Fsp3) is 0.632. The normalized spacial score (nSPS) is 25.5. The molecule has 0 radical (unpaired) electrons. The van der Waals surface area contributed by atoms with Crippen molar-refractivity contribution in [2.24, 2.45) is 5.92 Å². The van der Waals surface area contributed by atoms with Crippen LogP contribution in [0.5, 0.6) is 0 Å². The van der Waals surface area contributed by atoms with Crippen molar-refractivity contribution >= 4 is 11.6 Å². The lowest BCUT2D eigenvalue weighted by Gasteiger charge is -2.43. The zero-order valence-corrected chi connectivity index (χ0v) is 13.9. The fourth-order valence-electron chi connectivity index (χ4n) is 4.36. The van der Waals surface area contributed by atoms with Gasteiger partial charge in [-0.2, -0.15) is 0 Å². The Bertz CT molecular complexity index is 518. The van der Waals surface area contributed by atoms with Crippen LogP contribution in [0.1, 0.15) is 49.7 Å². The second-order valence-electron chi connectivity index (χ2n) is 7.15. The number of amides is 1. The smallest absolute Gasteiger partial charge is 0.238 e. The largest absolute Gasteiger partial charge is 0.325 e. The first-order chi connectivity index (χ1) is 10.6. The van der Waals surface area contributed by atoms with E-state index in [0.29, 0.717) is 12.6 Å². The number of aryl methyl sites for hydroxylation is 2. The van der Waals surface area contributed by atoms with E-state index in [-0.39, 0.29) is 5.91 Å². The predicted octanol–water partition coefficient (Wildman–Crippen LogP) is 3.90. The summed E-state index contributed by atoms with van der Waals surface area (Å²) in [6, 6.07) is 6.87. The summed E-state index contributed by atoms with van der Waals surface area (Å²) < 4.78 is 0. The third-order valence-corrected chi connectivity index (χ3v) is 5.21. The third kappa shape index (κ3) is 3.70. The molecule has 1 aliphatic carbocycles. The lowest BCUT2D eigenvalue weighted by Crippen LogP contribution is -2.49. The van der Waals surface area contributed by atoms with Crippen LogP contribution in [0.4, 0.5) is 5.69 Å². The molecule has 1 aliphatic heterocycles. The number of carbonyl (C=O) groups is 1. The van der Waals surface area contributed by atoms with Crippen LogP contribution in [0.2, 0.25) is 0 Å². The zero-order valence-electron chi connectivity index (χ0n) is 13.9. The maximum Gasteiger partial charge on any atom is 0.238 e. The molecular weight excluding hydrogens is 272 g/mol. The SMILES string of the molecule is Cc1cc(C)cc(NC(=O)CN2CCC[C@H]3CCCC[C@@H]32)c1. The molecule has 120 valence electrons. The first-order valence-electron chi connectivity index (χ1n) is 8.74. The van der Waals surface area contributed by atoms with Gasteiger partial charge in [-0.15, -0.1) is 0 Å². The average Bonchev–Trinajstić information content (AvgIpc) is 2.46. The van der Waals surface area contributed by atoms with E-state index in [2.05, 4.69) is 30.1 Å². The van der Waals surface area contributed by atoms with Crippen LogP contribution < -0.4 is 5.32 Å². The topological polar surface area (TPSA) is 32.3 Å². The van der Waals surface area contributed by atoms with Crippen LogP contribution >= 0.6 is 0 Å². The van der Waals surface area contributed by atoms with E-state index >= 15 is 0 Å². The van der Waals surface area contributed by atoms with Crippen molar-refractivity contribution in [1.82, 2.24) is 4.90 Å². The minimum atomic E-state index is 0.135. The first-order valence-corrected chi connectivity index (χ1v) is 8.74. The van der Waals surface area contributed by atoms with Gasteiger partial charge in [0.1, 0.15) is 0 Å². The standard InChI is InChI=1S/C19H28N2O/c1-14-10-15(2)12-17(11-14)20-19(22)13-21-9-5-7-16-6-3-4-8-18(16)21/h10-12,16,18H,3-9,13H2,1-2H3,(H,20,22)/t16-,18+/m1/s1. The Balaban J connectivity index is 1.60. The molecule has 1 heterocycles. The van der Waals surface area contributed by atoms with Crippen LogP contribution in [0.15, 0.2) is 18.2 Å². The van der Waals surface area contributed by atoms with E-state index in [1.807, 2.05) is 12.1 Å². The Morgan fingerprint density at radius 2 is 1.77 bits per heavy atom. The summed E-state index contributed by atoms with van der Waals surface area (Å²) in [7, 11) is 0. The molecule has 0 spiro atoms. The second kappa shape index (κ2) is 6.82. The molecule has 1 aromatic rings. The van der Waals surface area contributed by atoms with Crippen LogP contribution in [-0.4, -0.2) is 29.9 Å². The highest BCUT2D eigenvalue weighted by atomic mass is 16.2.